The highest BCUT2D eigenvalue weighted by Crippen LogP contribution is 2.22. The second-order valence-electron chi connectivity index (χ2n) is 5.76. The Bertz CT molecular complexity index is 810. The fourth-order valence-corrected chi connectivity index (χ4v) is 2.29. The number of nitrogens with zero attached hydrogens (tertiary/aromatic N) is 1. The van der Waals surface area contributed by atoms with Crippen LogP contribution in [0.4, 0.5) is 24.5 Å². The van der Waals surface area contributed by atoms with Crippen LogP contribution >= 0.6 is 0 Å². The van der Waals surface area contributed by atoms with Gasteiger partial charge >= 0.3 is 6.18 Å². The number of hydrogen-bond acceptors (Lipinski definition) is 5. The van der Waals surface area contributed by atoms with E-state index in [0.717, 1.165) is 0 Å². The highest BCUT2D eigenvalue weighted by molar-refractivity contribution is 5.94. The number of carbonyl (C=O) groups excluding carboxylic acids is 1. The molecule has 0 spiro atoms. The van der Waals surface area contributed by atoms with Crippen LogP contribution in [0.1, 0.15) is 15.9 Å². The maximum Gasteiger partial charge on any atom is 0.411 e. The Morgan fingerprint density at radius 2 is 1.75 bits per heavy atom. The minimum absolute atomic E-state index is 0.0582. The van der Waals surface area contributed by atoms with Gasteiger partial charge in [-0.05, 0) is 23.8 Å². The van der Waals surface area contributed by atoms with Crippen molar-refractivity contribution in [2.45, 2.75) is 12.8 Å². The topological polar surface area (TPSA) is 93.5 Å². The molecule has 0 bridgehead atoms. The number of para-hydroxylation sites is 2. The van der Waals surface area contributed by atoms with Crippen LogP contribution in [0.2, 0.25) is 0 Å². The summed E-state index contributed by atoms with van der Waals surface area (Å²) in [7, 11) is 0. The molecule has 0 aromatic heterocycles. The lowest BCUT2D eigenvalue weighted by Crippen LogP contribution is -2.28. The smallest absolute Gasteiger partial charge is 0.378 e. The Balaban J connectivity index is 1.77. The first kappa shape index (κ1) is 21.2. The van der Waals surface area contributed by atoms with E-state index in [4.69, 9.17) is 0 Å². The fourth-order valence-electron chi connectivity index (χ4n) is 2.29. The molecule has 0 aliphatic heterocycles. The van der Waals surface area contributed by atoms with Crippen LogP contribution in [-0.4, -0.2) is 36.7 Å². The van der Waals surface area contributed by atoms with Gasteiger partial charge in [-0.1, -0.05) is 24.3 Å². The number of anilines is 1. The molecule has 0 aliphatic rings. The number of alkyl halides is 3. The largest absolute Gasteiger partial charge is 0.411 e. The number of ether oxygens (including phenoxy) is 1. The SMILES string of the molecule is O=C(NCCNc1ccccc1[N+](=O)[O-])c1ccc(COCC(F)(F)F)cc1. The normalized spacial score (nSPS) is 11.1. The van der Waals surface area contributed by atoms with Gasteiger partial charge in [0.15, 0.2) is 0 Å². The van der Waals surface area contributed by atoms with Gasteiger partial charge in [-0.2, -0.15) is 13.2 Å². The molecule has 2 rings (SSSR count). The number of halogens is 3. The Labute approximate surface area is 158 Å². The van der Waals surface area contributed by atoms with Crippen molar-refractivity contribution < 1.29 is 27.6 Å². The van der Waals surface area contributed by atoms with Crippen LogP contribution in [0.15, 0.2) is 48.5 Å². The monoisotopic (exact) mass is 397 g/mol. The van der Waals surface area contributed by atoms with Crippen molar-refractivity contribution in [2.24, 2.45) is 0 Å². The predicted octanol–water partition coefficient (Wildman–Crippen LogP) is 3.52. The van der Waals surface area contributed by atoms with Gasteiger partial charge < -0.3 is 15.4 Å². The molecule has 0 unspecified atom stereocenters. The maximum absolute atomic E-state index is 12.1. The third-order valence-corrected chi connectivity index (χ3v) is 3.58. The molecule has 0 heterocycles. The molecule has 0 fully saturated rings. The summed E-state index contributed by atoms with van der Waals surface area (Å²) in [6.45, 7) is -1.04. The van der Waals surface area contributed by atoms with Gasteiger partial charge in [-0.3, -0.25) is 14.9 Å². The summed E-state index contributed by atoms with van der Waals surface area (Å²) in [6.07, 6.45) is -4.38. The van der Waals surface area contributed by atoms with Crippen LogP contribution in [-0.2, 0) is 11.3 Å². The lowest BCUT2D eigenvalue weighted by atomic mass is 10.1. The number of hydrogen-bond donors (Lipinski definition) is 2. The summed E-state index contributed by atoms with van der Waals surface area (Å²) in [4.78, 5) is 22.5. The Morgan fingerprint density at radius 3 is 2.39 bits per heavy atom. The molecule has 0 saturated carbocycles. The quantitative estimate of drug-likeness (QED) is 0.384. The van der Waals surface area contributed by atoms with Crippen molar-refractivity contribution in [3.8, 4) is 0 Å². The molecule has 150 valence electrons. The van der Waals surface area contributed by atoms with Crippen LogP contribution in [0, 0.1) is 10.1 Å². The van der Waals surface area contributed by atoms with Gasteiger partial charge in [0.2, 0.25) is 0 Å². The number of nitrogens with one attached hydrogen (secondary N) is 2. The van der Waals surface area contributed by atoms with Crippen LogP contribution in [0.3, 0.4) is 0 Å². The average molecular weight is 397 g/mol. The molecule has 2 aromatic carbocycles. The molecule has 2 N–H and O–H groups in total. The molecule has 0 radical (unpaired) electrons. The molecule has 1 amide bonds. The summed E-state index contributed by atoms with van der Waals surface area (Å²) in [6, 6.07) is 12.2. The van der Waals surface area contributed by atoms with Crippen LogP contribution in [0.25, 0.3) is 0 Å². The van der Waals surface area contributed by atoms with E-state index in [9.17, 15) is 28.1 Å². The third-order valence-electron chi connectivity index (χ3n) is 3.58. The van der Waals surface area contributed by atoms with Gasteiger partial charge in [0.05, 0.1) is 11.5 Å². The number of nitro groups is 1. The van der Waals surface area contributed by atoms with Crippen LogP contribution in [0.5, 0.6) is 0 Å². The fraction of sp³-hybridized carbons (Fsp3) is 0.278. The second kappa shape index (κ2) is 9.70. The Kier molecular flexibility index (Phi) is 7.33. The first-order valence-electron chi connectivity index (χ1n) is 8.25. The molecular formula is C18H18F3N3O4. The summed E-state index contributed by atoms with van der Waals surface area (Å²) in [5, 5.41) is 16.5. The lowest BCUT2D eigenvalue weighted by Gasteiger charge is -2.09. The van der Waals surface area contributed by atoms with Crippen molar-refractivity contribution in [1.29, 1.82) is 0 Å². The highest BCUT2D eigenvalue weighted by Gasteiger charge is 2.27. The first-order valence-corrected chi connectivity index (χ1v) is 8.25. The van der Waals surface area contributed by atoms with E-state index in [1.54, 1.807) is 18.2 Å². The second-order valence-corrected chi connectivity index (χ2v) is 5.76. The minimum atomic E-state index is -4.38. The van der Waals surface area contributed by atoms with E-state index in [1.165, 1.54) is 30.3 Å². The zero-order valence-electron chi connectivity index (χ0n) is 14.7. The zero-order valence-corrected chi connectivity index (χ0v) is 14.7. The van der Waals surface area contributed by atoms with Crippen molar-refractivity contribution in [2.75, 3.05) is 25.0 Å². The molecular weight excluding hydrogens is 379 g/mol. The van der Waals surface area contributed by atoms with Gasteiger partial charge in [0, 0.05) is 24.7 Å². The van der Waals surface area contributed by atoms with E-state index in [0.29, 0.717) is 16.8 Å². The Morgan fingerprint density at radius 1 is 1.07 bits per heavy atom. The molecule has 10 heteroatoms. The summed E-state index contributed by atoms with van der Waals surface area (Å²) in [5.74, 6) is -0.368. The number of carbonyl (C=O) groups is 1. The summed E-state index contributed by atoms with van der Waals surface area (Å²) in [5.41, 5.74) is 1.14. The van der Waals surface area contributed by atoms with Gasteiger partial charge in [0.1, 0.15) is 12.3 Å². The summed E-state index contributed by atoms with van der Waals surface area (Å²) >= 11 is 0. The first-order chi connectivity index (χ1) is 13.3. The van der Waals surface area contributed by atoms with Crippen molar-refractivity contribution in [3.05, 3.63) is 69.8 Å². The van der Waals surface area contributed by atoms with E-state index >= 15 is 0 Å². The standard InChI is InChI=1S/C18H18F3N3O4/c19-18(20,21)12-28-11-13-5-7-14(8-6-13)17(25)23-10-9-22-15-3-1-2-4-16(15)24(26)27/h1-8,22H,9-12H2,(H,23,25). The molecule has 7 nitrogen and oxygen atoms in total. The predicted molar refractivity (Wildman–Crippen MR) is 96.1 cm³/mol. The number of benzene rings is 2. The zero-order chi connectivity index (χ0) is 20.6. The van der Waals surface area contributed by atoms with Crippen molar-refractivity contribution in [1.82, 2.24) is 5.32 Å². The van der Waals surface area contributed by atoms with E-state index in [1.807, 2.05) is 0 Å². The van der Waals surface area contributed by atoms with E-state index in [-0.39, 0.29) is 31.3 Å². The molecule has 28 heavy (non-hydrogen) atoms. The third kappa shape index (κ3) is 6.88. The number of rotatable bonds is 9. The Hall–Kier alpha value is -3.14. The minimum Gasteiger partial charge on any atom is -0.378 e. The van der Waals surface area contributed by atoms with E-state index in [2.05, 4.69) is 15.4 Å². The van der Waals surface area contributed by atoms with Crippen molar-refractivity contribution >= 4 is 17.3 Å². The van der Waals surface area contributed by atoms with E-state index < -0.39 is 17.7 Å². The number of nitro benzene ring substituents is 1. The van der Waals surface area contributed by atoms with Crippen molar-refractivity contribution in [3.63, 3.8) is 0 Å². The average Bonchev–Trinajstić information content (AvgIpc) is 2.65. The van der Waals surface area contributed by atoms with Gasteiger partial charge in [0.25, 0.3) is 11.6 Å². The maximum atomic E-state index is 12.1. The molecule has 2 aromatic rings. The summed E-state index contributed by atoms with van der Waals surface area (Å²) < 4.78 is 40.6. The van der Waals surface area contributed by atoms with Gasteiger partial charge in [-0.25, -0.2) is 0 Å². The molecule has 0 saturated heterocycles. The lowest BCUT2D eigenvalue weighted by molar-refractivity contribution is -0.384. The highest BCUT2D eigenvalue weighted by atomic mass is 19.4. The molecule has 0 atom stereocenters. The number of amides is 1. The van der Waals surface area contributed by atoms with Crippen LogP contribution < -0.4 is 10.6 Å². The molecule has 0 aliphatic carbocycles. The van der Waals surface area contributed by atoms with Gasteiger partial charge in [-0.15, -0.1) is 0 Å².